The number of anilines is 1. The van der Waals surface area contributed by atoms with Gasteiger partial charge in [0.1, 0.15) is 12.3 Å². The largest absolute Gasteiger partial charge is 0.467 e. The van der Waals surface area contributed by atoms with Crippen molar-refractivity contribution in [3.05, 3.63) is 66.1 Å². The van der Waals surface area contributed by atoms with Crippen molar-refractivity contribution in [2.75, 3.05) is 5.73 Å². The topological polar surface area (TPSA) is 99.0 Å². The van der Waals surface area contributed by atoms with Crippen molar-refractivity contribution in [1.29, 1.82) is 0 Å². The number of nitrogens with one attached hydrogen (secondary N) is 1. The maximum atomic E-state index is 13.7. The number of carbonyl (C=O) groups excluding carboxylic acids is 1. The molecule has 3 N–H and O–H groups in total. The van der Waals surface area contributed by atoms with E-state index in [0.29, 0.717) is 11.3 Å². The zero-order valence-corrected chi connectivity index (χ0v) is 15.5. The highest BCUT2D eigenvalue weighted by atomic mass is 19.4. The van der Waals surface area contributed by atoms with E-state index in [-0.39, 0.29) is 35.6 Å². The smallest absolute Gasteiger partial charge is 0.417 e. The number of pyridine rings is 1. The maximum Gasteiger partial charge on any atom is 0.417 e. The van der Waals surface area contributed by atoms with Gasteiger partial charge in [-0.3, -0.25) is 4.79 Å². The number of nitrogens with two attached hydrogens (primary N) is 1. The summed E-state index contributed by atoms with van der Waals surface area (Å²) < 4.78 is 47.4. The summed E-state index contributed by atoms with van der Waals surface area (Å²) in [4.78, 5) is 16.6. The van der Waals surface area contributed by atoms with Crippen LogP contribution in [-0.2, 0) is 24.1 Å². The Morgan fingerprint density at radius 2 is 1.93 bits per heavy atom. The highest BCUT2D eigenvalue weighted by Gasteiger charge is 2.36. The first kappa shape index (κ1) is 19.5. The minimum atomic E-state index is -4.67. The van der Waals surface area contributed by atoms with Crippen molar-refractivity contribution >= 4 is 22.8 Å². The predicted octanol–water partition coefficient (Wildman–Crippen LogP) is 3.61. The Bertz CT molecular complexity index is 1180. The SMILES string of the molecule is Nc1nn(CC(=O)NCc2ccco2)c2nc(-c3ccccc3)cc(C(F)(F)F)c12. The van der Waals surface area contributed by atoms with E-state index in [1.807, 2.05) is 0 Å². The number of amides is 1. The molecule has 0 unspecified atom stereocenters. The van der Waals surface area contributed by atoms with Crippen molar-refractivity contribution < 1.29 is 22.4 Å². The van der Waals surface area contributed by atoms with Gasteiger partial charge in [-0.25, -0.2) is 9.67 Å². The van der Waals surface area contributed by atoms with Crippen LogP contribution in [0.2, 0.25) is 0 Å². The Morgan fingerprint density at radius 1 is 1.17 bits per heavy atom. The van der Waals surface area contributed by atoms with E-state index in [4.69, 9.17) is 10.2 Å². The third-order valence-corrected chi connectivity index (χ3v) is 4.44. The van der Waals surface area contributed by atoms with Crippen molar-refractivity contribution in [3.63, 3.8) is 0 Å². The second kappa shape index (κ2) is 7.54. The first-order chi connectivity index (χ1) is 14.3. The number of carbonyl (C=O) groups is 1. The summed E-state index contributed by atoms with van der Waals surface area (Å²) in [7, 11) is 0. The quantitative estimate of drug-likeness (QED) is 0.519. The lowest BCUT2D eigenvalue weighted by molar-refractivity contribution is -0.136. The number of rotatable bonds is 5. The molecule has 1 aromatic carbocycles. The molecular formula is C20H16F3N5O2. The zero-order chi connectivity index (χ0) is 21.3. The van der Waals surface area contributed by atoms with Crippen LogP contribution in [0.5, 0.6) is 0 Å². The summed E-state index contributed by atoms with van der Waals surface area (Å²) in [6.07, 6.45) is -3.20. The highest BCUT2D eigenvalue weighted by molar-refractivity contribution is 5.93. The molecule has 3 aromatic heterocycles. The van der Waals surface area contributed by atoms with Crippen LogP contribution in [0.15, 0.2) is 59.2 Å². The molecule has 30 heavy (non-hydrogen) atoms. The molecule has 4 rings (SSSR count). The molecule has 0 aliphatic rings. The van der Waals surface area contributed by atoms with Gasteiger partial charge in [0.25, 0.3) is 0 Å². The Morgan fingerprint density at radius 3 is 2.60 bits per heavy atom. The number of nitrogens with zero attached hydrogens (tertiary/aromatic N) is 3. The van der Waals surface area contributed by atoms with Gasteiger partial charge in [0, 0.05) is 5.56 Å². The number of hydrogen-bond donors (Lipinski definition) is 2. The van der Waals surface area contributed by atoms with E-state index in [1.54, 1.807) is 42.5 Å². The van der Waals surface area contributed by atoms with Gasteiger partial charge >= 0.3 is 6.18 Å². The molecule has 0 saturated heterocycles. The van der Waals surface area contributed by atoms with Crippen LogP contribution in [0.1, 0.15) is 11.3 Å². The number of alkyl halides is 3. The Hall–Kier alpha value is -3.82. The van der Waals surface area contributed by atoms with Gasteiger partial charge in [-0.1, -0.05) is 30.3 Å². The van der Waals surface area contributed by atoms with Gasteiger partial charge in [0.05, 0.1) is 29.5 Å². The van der Waals surface area contributed by atoms with Gasteiger partial charge in [-0.15, -0.1) is 0 Å². The molecule has 0 aliphatic heterocycles. The number of nitrogen functional groups attached to an aromatic ring is 1. The summed E-state index contributed by atoms with van der Waals surface area (Å²) >= 11 is 0. The monoisotopic (exact) mass is 415 g/mol. The lowest BCUT2D eigenvalue weighted by atomic mass is 10.1. The molecule has 10 heteroatoms. The summed E-state index contributed by atoms with van der Waals surface area (Å²) in [6, 6.07) is 12.7. The Labute approximate surface area is 168 Å². The van der Waals surface area contributed by atoms with Crippen molar-refractivity contribution in [1.82, 2.24) is 20.1 Å². The van der Waals surface area contributed by atoms with Crippen LogP contribution < -0.4 is 11.1 Å². The fourth-order valence-electron chi connectivity index (χ4n) is 3.08. The zero-order valence-electron chi connectivity index (χ0n) is 15.5. The van der Waals surface area contributed by atoms with Crippen LogP contribution in [0.4, 0.5) is 19.0 Å². The second-order valence-corrected chi connectivity index (χ2v) is 6.52. The van der Waals surface area contributed by atoms with E-state index in [1.165, 1.54) is 6.26 Å². The fourth-order valence-corrected chi connectivity index (χ4v) is 3.08. The number of hydrogen-bond acceptors (Lipinski definition) is 5. The second-order valence-electron chi connectivity index (χ2n) is 6.52. The van der Waals surface area contributed by atoms with E-state index in [2.05, 4.69) is 15.4 Å². The van der Waals surface area contributed by atoms with Gasteiger partial charge in [0.15, 0.2) is 11.5 Å². The maximum absolute atomic E-state index is 13.7. The van der Waals surface area contributed by atoms with Crippen LogP contribution in [-0.4, -0.2) is 20.7 Å². The first-order valence-electron chi connectivity index (χ1n) is 8.91. The minimum absolute atomic E-state index is 0.104. The molecule has 0 radical (unpaired) electrons. The van der Waals surface area contributed by atoms with Crippen LogP contribution >= 0.6 is 0 Å². The molecule has 0 spiro atoms. The molecule has 0 atom stereocenters. The number of fused-ring (bicyclic) bond motifs is 1. The highest BCUT2D eigenvalue weighted by Crippen LogP contribution is 2.38. The Balaban J connectivity index is 1.74. The molecule has 3 heterocycles. The van der Waals surface area contributed by atoms with Crippen LogP contribution in [0, 0.1) is 0 Å². The lowest BCUT2D eigenvalue weighted by Crippen LogP contribution is -2.27. The Kier molecular flexibility index (Phi) is 4.90. The van der Waals surface area contributed by atoms with Crippen molar-refractivity contribution in [2.45, 2.75) is 19.3 Å². The summed E-state index contributed by atoms with van der Waals surface area (Å²) in [5.74, 6) is -0.281. The molecule has 0 bridgehead atoms. The van der Waals surface area contributed by atoms with E-state index in [9.17, 15) is 18.0 Å². The van der Waals surface area contributed by atoms with E-state index >= 15 is 0 Å². The lowest BCUT2D eigenvalue weighted by Gasteiger charge is -2.11. The predicted molar refractivity (Wildman–Crippen MR) is 103 cm³/mol. The summed E-state index contributed by atoms with van der Waals surface area (Å²) in [6.45, 7) is -0.214. The van der Waals surface area contributed by atoms with E-state index in [0.717, 1.165) is 10.7 Å². The summed E-state index contributed by atoms with van der Waals surface area (Å²) in [5, 5.41) is 6.21. The average molecular weight is 415 g/mol. The van der Waals surface area contributed by atoms with Gasteiger partial charge < -0.3 is 15.5 Å². The molecular weight excluding hydrogens is 399 g/mol. The number of halogens is 3. The van der Waals surface area contributed by atoms with Crippen LogP contribution in [0.3, 0.4) is 0 Å². The molecule has 7 nitrogen and oxygen atoms in total. The van der Waals surface area contributed by atoms with Gasteiger partial charge in [-0.2, -0.15) is 18.3 Å². The van der Waals surface area contributed by atoms with Crippen molar-refractivity contribution in [3.8, 4) is 11.3 Å². The number of furan rings is 1. The summed E-state index contributed by atoms with van der Waals surface area (Å²) in [5.41, 5.74) is 5.31. The van der Waals surface area contributed by atoms with Gasteiger partial charge in [0.2, 0.25) is 5.91 Å². The van der Waals surface area contributed by atoms with Crippen molar-refractivity contribution in [2.24, 2.45) is 0 Å². The number of benzene rings is 1. The minimum Gasteiger partial charge on any atom is -0.467 e. The first-order valence-corrected chi connectivity index (χ1v) is 8.91. The molecule has 4 aromatic rings. The van der Waals surface area contributed by atoms with E-state index < -0.39 is 17.6 Å². The molecule has 0 fully saturated rings. The molecule has 0 aliphatic carbocycles. The van der Waals surface area contributed by atoms with Gasteiger partial charge in [-0.05, 0) is 18.2 Å². The normalized spacial score (nSPS) is 11.7. The molecule has 1 amide bonds. The standard InChI is InChI=1S/C20H16F3N5O2/c21-20(22,23)14-9-15(12-5-2-1-3-6-12)26-19-17(14)18(24)27-28(19)11-16(29)25-10-13-7-4-8-30-13/h1-9H,10-11H2,(H2,24,27)(H,25,29). The third-order valence-electron chi connectivity index (χ3n) is 4.44. The molecule has 0 saturated carbocycles. The molecule has 154 valence electrons. The average Bonchev–Trinajstić information content (AvgIpc) is 3.34. The van der Waals surface area contributed by atoms with Crippen LogP contribution in [0.25, 0.3) is 22.3 Å². The third kappa shape index (κ3) is 3.84. The number of aromatic nitrogens is 3. The fraction of sp³-hybridized carbons (Fsp3) is 0.150.